The fraction of sp³-hybridized carbons (Fsp3) is 0. The molecule has 0 amide bonds. The number of benzene rings is 7. The smallest absolute Gasteiger partial charge is 0.423 e. The van der Waals surface area contributed by atoms with Crippen molar-refractivity contribution < 1.29 is 10.0 Å². The van der Waals surface area contributed by atoms with Gasteiger partial charge in [-0.15, -0.1) is 0 Å². The van der Waals surface area contributed by atoms with E-state index in [0.717, 1.165) is 27.8 Å². The molecular weight excluding hydrogens is 465 g/mol. The van der Waals surface area contributed by atoms with E-state index in [1.165, 1.54) is 32.3 Å². The molecule has 0 heterocycles. The second-order valence-corrected chi connectivity index (χ2v) is 9.63. The Bertz CT molecular complexity index is 1850. The molecule has 3 nitrogen and oxygen atoms in total. The van der Waals surface area contributed by atoms with Gasteiger partial charge in [0.2, 0.25) is 0 Å². The summed E-state index contributed by atoms with van der Waals surface area (Å²) in [5, 5.41) is 28.9. The van der Waals surface area contributed by atoms with Crippen molar-refractivity contribution in [3.8, 4) is 0 Å². The molecule has 0 radical (unpaired) electrons. The molecule has 0 bridgehead atoms. The predicted octanol–water partition coefficient (Wildman–Crippen LogP) is 7.45. The summed E-state index contributed by atoms with van der Waals surface area (Å²) in [6, 6.07) is 46.1. The van der Waals surface area contributed by atoms with Gasteiger partial charge in [-0.1, -0.05) is 109 Å². The van der Waals surface area contributed by atoms with Crippen molar-refractivity contribution in [1.82, 2.24) is 0 Å². The molecule has 0 atom stereocenters. The lowest BCUT2D eigenvalue weighted by molar-refractivity contribution is 0.426. The predicted molar refractivity (Wildman–Crippen MR) is 161 cm³/mol. The molecule has 7 aromatic rings. The summed E-state index contributed by atoms with van der Waals surface area (Å²) in [7, 11) is -1.51. The molecule has 0 aliphatic carbocycles. The maximum absolute atomic E-state index is 9.75. The SMILES string of the molecule is OB(O)c1ccc(N(c2cc3ccccc3c3ccccc23)c2cc3ccccc3c3ccccc23)cc1. The summed E-state index contributed by atoms with van der Waals surface area (Å²) in [4.78, 5) is 2.30. The molecular formula is C34H24BNO2. The summed E-state index contributed by atoms with van der Waals surface area (Å²) in [6.45, 7) is 0. The van der Waals surface area contributed by atoms with E-state index in [1.807, 2.05) is 12.1 Å². The lowest BCUT2D eigenvalue weighted by Crippen LogP contribution is -2.29. The quantitative estimate of drug-likeness (QED) is 0.199. The topological polar surface area (TPSA) is 43.7 Å². The summed E-state index contributed by atoms with van der Waals surface area (Å²) >= 11 is 0. The van der Waals surface area contributed by atoms with Gasteiger partial charge in [0.15, 0.2) is 0 Å². The van der Waals surface area contributed by atoms with Crippen LogP contribution in [0.2, 0.25) is 0 Å². The minimum atomic E-state index is -1.51. The second-order valence-electron chi connectivity index (χ2n) is 9.63. The van der Waals surface area contributed by atoms with E-state index in [4.69, 9.17) is 0 Å². The zero-order chi connectivity index (χ0) is 25.6. The summed E-state index contributed by atoms with van der Waals surface area (Å²) in [6.07, 6.45) is 0. The molecule has 0 fully saturated rings. The van der Waals surface area contributed by atoms with Gasteiger partial charge >= 0.3 is 7.12 Å². The molecule has 7 rings (SSSR count). The van der Waals surface area contributed by atoms with E-state index in [2.05, 4.69) is 114 Å². The van der Waals surface area contributed by atoms with Crippen molar-refractivity contribution in [2.45, 2.75) is 0 Å². The van der Waals surface area contributed by atoms with Crippen LogP contribution < -0.4 is 10.4 Å². The first-order chi connectivity index (χ1) is 18.7. The van der Waals surface area contributed by atoms with Crippen molar-refractivity contribution in [1.29, 1.82) is 0 Å². The lowest BCUT2D eigenvalue weighted by atomic mass is 9.80. The Morgan fingerprint density at radius 2 is 0.816 bits per heavy atom. The highest BCUT2D eigenvalue weighted by atomic mass is 16.4. The number of anilines is 3. The Morgan fingerprint density at radius 1 is 0.421 bits per heavy atom. The molecule has 7 aromatic carbocycles. The maximum Gasteiger partial charge on any atom is 0.488 e. The van der Waals surface area contributed by atoms with Gasteiger partial charge < -0.3 is 14.9 Å². The molecule has 0 aliphatic rings. The van der Waals surface area contributed by atoms with Gasteiger partial charge in [0.05, 0.1) is 11.4 Å². The number of nitrogens with zero attached hydrogens (tertiary/aromatic N) is 1. The van der Waals surface area contributed by atoms with Crippen LogP contribution >= 0.6 is 0 Å². The van der Waals surface area contributed by atoms with Crippen LogP contribution in [0.1, 0.15) is 0 Å². The highest BCUT2D eigenvalue weighted by molar-refractivity contribution is 6.58. The highest BCUT2D eigenvalue weighted by Gasteiger charge is 2.21. The summed E-state index contributed by atoms with van der Waals surface area (Å²) in [5.74, 6) is 0. The van der Waals surface area contributed by atoms with Gasteiger partial charge in [-0.05, 0) is 62.0 Å². The Morgan fingerprint density at radius 3 is 1.26 bits per heavy atom. The second kappa shape index (κ2) is 9.03. The normalized spacial score (nSPS) is 11.4. The first-order valence-corrected chi connectivity index (χ1v) is 12.8. The Labute approximate surface area is 221 Å². The number of fused-ring (bicyclic) bond motifs is 6. The fourth-order valence-electron chi connectivity index (χ4n) is 5.64. The third-order valence-corrected chi connectivity index (χ3v) is 7.42. The van der Waals surface area contributed by atoms with Crippen LogP contribution in [0.3, 0.4) is 0 Å². The molecule has 0 unspecified atom stereocenters. The largest absolute Gasteiger partial charge is 0.488 e. The van der Waals surface area contributed by atoms with Crippen LogP contribution in [-0.4, -0.2) is 17.2 Å². The third kappa shape index (κ3) is 3.62. The summed E-state index contributed by atoms with van der Waals surface area (Å²) < 4.78 is 0. The van der Waals surface area contributed by atoms with E-state index < -0.39 is 7.12 Å². The van der Waals surface area contributed by atoms with Crippen LogP contribution in [0.25, 0.3) is 43.1 Å². The highest BCUT2D eigenvalue weighted by Crippen LogP contribution is 2.45. The number of hydrogen-bond donors (Lipinski definition) is 2. The van der Waals surface area contributed by atoms with Crippen LogP contribution in [0.4, 0.5) is 17.1 Å². The van der Waals surface area contributed by atoms with E-state index in [0.29, 0.717) is 5.46 Å². The Balaban J connectivity index is 1.61. The molecule has 0 aromatic heterocycles. The molecule has 0 spiro atoms. The molecule has 0 aliphatic heterocycles. The van der Waals surface area contributed by atoms with Crippen LogP contribution in [0.15, 0.2) is 133 Å². The average Bonchev–Trinajstić information content (AvgIpc) is 2.97. The number of rotatable bonds is 4. The Kier molecular flexibility index (Phi) is 5.36. The standard InChI is InChI=1S/C34H24BNO2/c37-35(38)25-17-19-26(20-18-25)36(33-21-23-9-1-3-11-27(23)29-13-5-7-15-31(29)33)34-22-24-10-2-4-12-28(24)30-14-6-8-16-32(30)34/h1-22,37-38H. The van der Waals surface area contributed by atoms with Gasteiger partial charge in [-0.25, -0.2) is 0 Å². The average molecular weight is 489 g/mol. The van der Waals surface area contributed by atoms with Gasteiger partial charge in [-0.3, -0.25) is 0 Å². The van der Waals surface area contributed by atoms with Crippen LogP contribution in [0.5, 0.6) is 0 Å². The molecule has 38 heavy (non-hydrogen) atoms. The molecule has 4 heteroatoms. The van der Waals surface area contributed by atoms with E-state index in [-0.39, 0.29) is 0 Å². The maximum atomic E-state index is 9.75. The van der Waals surface area contributed by atoms with Gasteiger partial charge in [0.1, 0.15) is 0 Å². The van der Waals surface area contributed by atoms with Crippen molar-refractivity contribution in [2.24, 2.45) is 0 Å². The molecule has 0 saturated carbocycles. The minimum absolute atomic E-state index is 0.459. The lowest BCUT2D eigenvalue weighted by Gasteiger charge is -2.29. The van der Waals surface area contributed by atoms with Crippen molar-refractivity contribution in [2.75, 3.05) is 4.90 Å². The van der Waals surface area contributed by atoms with E-state index >= 15 is 0 Å². The summed E-state index contributed by atoms with van der Waals surface area (Å²) in [5.41, 5.74) is 3.53. The van der Waals surface area contributed by atoms with Crippen molar-refractivity contribution in [3.63, 3.8) is 0 Å². The van der Waals surface area contributed by atoms with Crippen LogP contribution in [-0.2, 0) is 0 Å². The third-order valence-electron chi connectivity index (χ3n) is 7.42. The fourth-order valence-corrected chi connectivity index (χ4v) is 5.64. The zero-order valence-corrected chi connectivity index (χ0v) is 20.6. The number of hydrogen-bond acceptors (Lipinski definition) is 3. The molecule has 2 N–H and O–H groups in total. The van der Waals surface area contributed by atoms with E-state index in [9.17, 15) is 10.0 Å². The first-order valence-electron chi connectivity index (χ1n) is 12.8. The minimum Gasteiger partial charge on any atom is -0.423 e. The monoisotopic (exact) mass is 489 g/mol. The van der Waals surface area contributed by atoms with Gasteiger partial charge in [0.25, 0.3) is 0 Å². The van der Waals surface area contributed by atoms with Gasteiger partial charge in [0, 0.05) is 16.5 Å². The Hall–Kier alpha value is -4.64. The molecule has 0 saturated heterocycles. The van der Waals surface area contributed by atoms with Crippen molar-refractivity contribution >= 4 is 72.7 Å². The van der Waals surface area contributed by atoms with Crippen molar-refractivity contribution in [3.05, 3.63) is 133 Å². The van der Waals surface area contributed by atoms with E-state index in [1.54, 1.807) is 12.1 Å². The van der Waals surface area contributed by atoms with Gasteiger partial charge in [-0.2, -0.15) is 0 Å². The molecule has 180 valence electrons. The zero-order valence-electron chi connectivity index (χ0n) is 20.6. The first kappa shape index (κ1) is 22.6. The van der Waals surface area contributed by atoms with Crippen LogP contribution in [0, 0.1) is 0 Å².